The number of ether oxygens (including phenoxy) is 1. The van der Waals surface area contributed by atoms with E-state index >= 15 is 0 Å². The molecule has 3 N–H and O–H groups in total. The maximum Gasteiger partial charge on any atom is 0.276 e. The Bertz CT molecular complexity index is 1180. The molecule has 0 bridgehead atoms. The van der Waals surface area contributed by atoms with Gasteiger partial charge in [-0.05, 0) is 25.1 Å². The molecular weight excluding hydrogens is 415 g/mol. The second-order valence-electron chi connectivity index (χ2n) is 6.86. The number of carbonyl (C=O) groups is 1. The molecule has 1 aromatic carbocycles. The summed E-state index contributed by atoms with van der Waals surface area (Å²) in [5, 5.41) is 21.5. The fourth-order valence-electron chi connectivity index (χ4n) is 3.05. The van der Waals surface area contributed by atoms with Crippen LogP contribution in [0.1, 0.15) is 23.0 Å². The molecule has 2 aromatic rings. The summed E-state index contributed by atoms with van der Waals surface area (Å²) in [4.78, 5) is 12.6. The van der Waals surface area contributed by atoms with Crippen molar-refractivity contribution in [3.05, 3.63) is 54.1 Å². The first-order chi connectivity index (χ1) is 14.0. The van der Waals surface area contributed by atoms with Crippen LogP contribution in [0.2, 0.25) is 0 Å². The number of amides is 1. The van der Waals surface area contributed by atoms with Crippen molar-refractivity contribution < 1.29 is 27.4 Å². The zero-order valence-corrected chi connectivity index (χ0v) is 17.0. The Labute approximate surface area is 172 Å². The average Bonchev–Trinajstić information content (AvgIpc) is 2.98. The van der Waals surface area contributed by atoms with Crippen LogP contribution in [-0.2, 0) is 17.1 Å². The van der Waals surface area contributed by atoms with Gasteiger partial charge in [-0.3, -0.25) is 4.79 Å². The Kier molecular flexibility index (Phi) is 5.42. The Morgan fingerprint density at radius 1 is 1.57 bits per heavy atom. The number of fused-ring (bicyclic) bond motifs is 1. The number of anilines is 1. The highest BCUT2D eigenvalue weighted by Gasteiger charge is 2.44. The number of aliphatic hydroxyl groups excluding tert-OH is 1. The fraction of sp³-hybridized carbons (Fsp3) is 0.263. The molecular formula is C19H19FN4O5S. The lowest BCUT2D eigenvalue weighted by Crippen LogP contribution is -2.56. The zero-order valence-electron chi connectivity index (χ0n) is 16.1. The van der Waals surface area contributed by atoms with Gasteiger partial charge < -0.3 is 19.7 Å². The molecule has 30 heavy (non-hydrogen) atoms. The van der Waals surface area contributed by atoms with Crippen LogP contribution >= 0.6 is 0 Å². The SMILES string of the molecule is C=C[C@]1([C@@H](C)O)COc2c(cn(C)c2C(=O)Nc2ccc(F)c(C#N)c2)S(=O)(=O)N1. The number of carbonyl (C=O) groups excluding carboxylic acids is 1. The van der Waals surface area contributed by atoms with E-state index in [1.165, 1.54) is 36.9 Å². The van der Waals surface area contributed by atoms with Gasteiger partial charge in [-0.2, -0.15) is 9.98 Å². The highest BCUT2D eigenvalue weighted by Crippen LogP contribution is 2.35. The monoisotopic (exact) mass is 434 g/mol. The number of nitriles is 1. The zero-order chi connectivity index (χ0) is 22.3. The quantitative estimate of drug-likeness (QED) is 0.621. The summed E-state index contributed by atoms with van der Waals surface area (Å²) in [7, 11) is -2.71. The van der Waals surface area contributed by atoms with E-state index < -0.39 is 33.4 Å². The highest BCUT2D eigenvalue weighted by molar-refractivity contribution is 7.89. The van der Waals surface area contributed by atoms with Crippen molar-refractivity contribution in [2.45, 2.75) is 23.5 Å². The molecule has 1 amide bonds. The van der Waals surface area contributed by atoms with Crippen molar-refractivity contribution in [3.63, 3.8) is 0 Å². The summed E-state index contributed by atoms with van der Waals surface area (Å²) < 4.78 is 48.6. The topological polar surface area (TPSA) is 133 Å². The number of aryl methyl sites for hydroxylation is 1. The molecule has 2 heterocycles. The first-order valence-electron chi connectivity index (χ1n) is 8.73. The third kappa shape index (κ3) is 3.56. The molecule has 1 aromatic heterocycles. The van der Waals surface area contributed by atoms with Gasteiger partial charge in [0.15, 0.2) is 11.4 Å². The Hall–Kier alpha value is -3.20. The number of halogens is 1. The van der Waals surface area contributed by atoms with Gasteiger partial charge in [-0.1, -0.05) is 6.08 Å². The van der Waals surface area contributed by atoms with Gasteiger partial charge in [0.2, 0.25) is 10.0 Å². The maximum atomic E-state index is 13.5. The second kappa shape index (κ2) is 7.56. The Morgan fingerprint density at radius 3 is 2.87 bits per heavy atom. The predicted molar refractivity (Wildman–Crippen MR) is 105 cm³/mol. The Morgan fingerprint density at radius 2 is 2.27 bits per heavy atom. The summed E-state index contributed by atoms with van der Waals surface area (Å²) in [5.74, 6) is -1.66. The van der Waals surface area contributed by atoms with E-state index in [1.54, 1.807) is 6.07 Å². The second-order valence-corrected chi connectivity index (χ2v) is 8.51. The van der Waals surface area contributed by atoms with Crippen LogP contribution in [0.15, 0.2) is 41.9 Å². The van der Waals surface area contributed by atoms with Gasteiger partial charge in [-0.25, -0.2) is 12.8 Å². The van der Waals surface area contributed by atoms with Crippen molar-refractivity contribution in [1.29, 1.82) is 5.26 Å². The summed E-state index contributed by atoms with van der Waals surface area (Å²) in [6.45, 7) is 4.66. The van der Waals surface area contributed by atoms with E-state index in [-0.39, 0.29) is 34.2 Å². The standard InChI is InChI=1S/C19H19FN4O5S/c1-4-19(11(2)25)10-29-17-15(30(27,28)23-19)9-24(3)16(17)18(26)22-13-5-6-14(20)12(7-13)8-21/h4-7,9,11,23,25H,1,10H2,2-3H3,(H,22,26)/t11-,19-/m1/s1. The molecule has 1 aliphatic heterocycles. The normalized spacial score (nSPS) is 20.8. The number of sulfonamides is 1. The van der Waals surface area contributed by atoms with Crippen molar-refractivity contribution in [2.75, 3.05) is 11.9 Å². The van der Waals surface area contributed by atoms with Gasteiger partial charge in [0.05, 0.1) is 11.7 Å². The van der Waals surface area contributed by atoms with Crippen molar-refractivity contribution in [3.8, 4) is 11.8 Å². The maximum absolute atomic E-state index is 13.5. The highest BCUT2D eigenvalue weighted by atomic mass is 32.2. The lowest BCUT2D eigenvalue weighted by atomic mass is 9.96. The number of hydrogen-bond acceptors (Lipinski definition) is 6. The molecule has 0 aliphatic carbocycles. The van der Waals surface area contributed by atoms with E-state index in [0.29, 0.717) is 0 Å². The summed E-state index contributed by atoms with van der Waals surface area (Å²) >= 11 is 0. The van der Waals surface area contributed by atoms with E-state index in [2.05, 4.69) is 16.6 Å². The van der Waals surface area contributed by atoms with E-state index in [1.807, 2.05) is 0 Å². The molecule has 0 radical (unpaired) electrons. The van der Waals surface area contributed by atoms with E-state index in [0.717, 1.165) is 12.1 Å². The van der Waals surface area contributed by atoms with Gasteiger partial charge in [-0.15, -0.1) is 6.58 Å². The molecule has 0 fully saturated rings. The first kappa shape index (κ1) is 21.5. The lowest BCUT2D eigenvalue weighted by Gasteiger charge is -2.31. The van der Waals surface area contributed by atoms with Crippen LogP contribution in [0, 0.1) is 17.1 Å². The Balaban J connectivity index is 2.03. The molecule has 0 spiro atoms. The molecule has 11 heteroatoms. The molecule has 0 unspecified atom stereocenters. The predicted octanol–water partition coefficient (Wildman–Crippen LogP) is 1.26. The van der Waals surface area contributed by atoms with Crippen molar-refractivity contribution in [2.24, 2.45) is 7.05 Å². The number of hydrogen-bond donors (Lipinski definition) is 3. The van der Waals surface area contributed by atoms with Crippen LogP contribution in [0.3, 0.4) is 0 Å². The van der Waals surface area contributed by atoms with Crippen LogP contribution in [0.4, 0.5) is 10.1 Å². The molecule has 0 saturated heterocycles. The molecule has 1 aliphatic rings. The minimum atomic E-state index is -4.17. The van der Waals surface area contributed by atoms with Gasteiger partial charge in [0, 0.05) is 18.9 Å². The van der Waals surface area contributed by atoms with E-state index in [9.17, 15) is 22.7 Å². The first-order valence-corrected chi connectivity index (χ1v) is 10.2. The number of rotatable bonds is 4. The summed E-state index contributed by atoms with van der Waals surface area (Å²) in [5.41, 5.74) is -1.71. The summed E-state index contributed by atoms with van der Waals surface area (Å²) in [6.07, 6.45) is 1.28. The summed E-state index contributed by atoms with van der Waals surface area (Å²) in [6, 6.07) is 5.13. The van der Waals surface area contributed by atoms with Crippen LogP contribution in [-0.4, -0.2) is 42.2 Å². The average molecular weight is 434 g/mol. The van der Waals surface area contributed by atoms with Gasteiger partial charge in [0.1, 0.15) is 28.9 Å². The molecule has 0 saturated carbocycles. The van der Waals surface area contributed by atoms with Gasteiger partial charge in [0.25, 0.3) is 5.91 Å². The number of nitrogens with one attached hydrogen (secondary N) is 2. The molecule has 158 valence electrons. The van der Waals surface area contributed by atoms with Crippen molar-refractivity contribution >= 4 is 21.6 Å². The third-order valence-electron chi connectivity index (χ3n) is 4.84. The minimum Gasteiger partial charge on any atom is -0.487 e. The van der Waals surface area contributed by atoms with Crippen LogP contribution in [0.25, 0.3) is 0 Å². The largest absolute Gasteiger partial charge is 0.487 e. The van der Waals surface area contributed by atoms with Gasteiger partial charge >= 0.3 is 0 Å². The fourth-order valence-corrected chi connectivity index (χ4v) is 4.67. The number of aliphatic hydroxyl groups is 1. The van der Waals surface area contributed by atoms with Crippen molar-refractivity contribution in [1.82, 2.24) is 9.29 Å². The molecule has 9 nitrogen and oxygen atoms in total. The smallest absolute Gasteiger partial charge is 0.276 e. The third-order valence-corrected chi connectivity index (χ3v) is 6.36. The minimum absolute atomic E-state index is 0.108. The molecule has 2 atom stereocenters. The van der Waals surface area contributed by atoms with E-state index in [4.69, 9.17) is 10.00 Å². The number of aromatic nitrogens is 1. The van der Waals surface area contributed by atoms with Crippen LogP contribution < -0.4 is 14.8 Å². The number of benzene rings is 1. The molecule has 3 rings (SSSR count). The van der Waals surface area contributed by atoms with Crippen LogP contribution in [0.5, 0.6) is 5.75 Å². The lowest BCUT2D eigenvalue weighted by molar-refractivity contribution is 0.0822. The number of nitrogens with zero attached hydrogens (tertiary/aromatic N) is 2.